The van der Waals surface area contributed by atoms with Crippen LogP contribution in [0.3, 0.4) is 0 Å². The van der Waals surface area contributed by atoms with Crippen LogP contribution in [0.2, 0.25) is 0 Å². The number of nitrogens with zero attached hydrogens (tertiary/aromatic N) is 3. The largest absolute Gasteiger partial charge is 0.495 e. The molecule has 0 fully saturated rings. The summed E-state index contributed by atoms with van der Waals surface area (Å²) < 4.78 is 6.72. The quantitative estimate of drug-likeness (QED) is 0.866. The summed E-state index contributed by atoms with van der Waals surface area (Å²) in [6.07, 6.45) is 1.31. The number of hydrogen-bond donors (Lipinski definition) is 2. The molecule has 1 aromatic heterocycles. The van der Waals surface area contributed by atoms with Crippen molar-refractivity contribution in [1.29, 1.82) is 5.26 Å². The number of rotatable bonds is 5. The summed E-state index contributed by atoms with van der Waals surface area (Å²) in [4.78, 5) is 11.1. The van der Waals surface area contributed by atoms with E-state index in [-0.39, 0.29) is 12.1 Å². The Balaban J connectivity index is 2.23. The normalized spacial score (nSPS) is 9.95. The molecule has 0 saturated heterocycles. The lowest BCUT2D eigenvalue weighted by Crippen LogP contribution is -2.10. The third-order valence-corrected chi connectivity index (χ3v) is 3.07. The molecule has 0 atom stereocenters. The minimum Gasteiger partial charge on any atom is -0.495 e. The van der Waals surface area contributed by atoms with E-state index in [1.807, 2.05) is 6.07 Å². The van der Waals surface area contributed by atoms with Crippen LogP contribution in [0.1, 0.15) is 21.6 Å². The van der Waals surface area contributed by atoms with E-state index in [1.165, 1.54) is 18.0 Å². The number of methoxy groups -OCH3 is 1. The van der Waals surface area contributed by atoms with Gasteiger partial charge >= 0.3 is 5.97 Å². The number of aromatic carboxylic acids is 1. The summed E-state index contributed by atoms with van der Waals surface area (Å²) in [5, 5.41) is 25.0. The Morgan fingerprint density at radius 3 is 2.95 bits per heavy atom. The number of carboxylic acid groups (broad SMARTS) is 1. The first-order chi connectivity index (χ1) is 10.1. The highest BCUT2D eigenvalue weighted by atomic mass is 16.5. The maximum absolute atomic E-state index is 11.1. The van der Waals surface area contributed by atoms with E-state index < -0.39 is 5.97 Å². The lowest BCUT2D eigenvalue weighted by atomic mass is 10.2. The van der Waals surface area contributed by atoms with Gasteiger partial charge < -0.3 is 15.2 Å². The molecule has 1 aromatic carbocycles. The summed E-state index contributed by atoms with van der Waals surface area (Å²) >= 11 is 0. The average Bonchev–Trinajstić information content (AvgIpc) is 2.86. The van der Waals surface area contributed by atoms with Gasteiger partial charge in [-0.05, 0) is 12.1 Å². The second kappa shape index (κ2) is 5.96. The number of hydrogen-bond acceptors (Lipinski definition) is 5. The highest BCUT2D eigenvalue weighted by Gasteiger charge is 2.15. The smallest absolute Gasteiger partial charge is 0.339 e. The number of anilines is 1. The van der Waals surface area contributed by atoms with Gasteiger partial charge in [-0.3, -0.25) is 4.68 Å². The summed E-state index contributed by atoms with van der Waals surface area (Å²) in [5.41, 5.74) is 1.87. The number of benzene rings is 1. The van der Waals surface area contributed by atoms with Gasteiger partial charge in [0.05, 0.1) is 42.9 Å². The molecule has 0 aliphatic carbocycles. The molecule has 7 nitrogen and oxygen atoms in total. The monoisotopic (exact) mass is 286 g/mol. The first-order valence-electron chi connectivity index (χ1n) is 6.13. The second-order valence-corrected chi connectivity index (χ2v) is 4.31. The second-order valence-electron chi connectivity index (χ2n) is 4.31. The Hall–Kier alpha value is -3.01. The molecule has 0 radical (unpaired) electrons. The van der Waals surface area contributed by atoms with Gasteiger partial charge in [-0.15, -0.1) is 0 Å². The average molecular weight is 286 g/mol. The van der Waals surface area contributed by atoms with Crippen LogP contribution >= 0.6 is 0 Å². The molecule has 0 aliphatic rings. The molecule has 0 amide bonds. The van der Waals surface area contributed by atoms with Crippen LogP contribution < -0.4 is 10.1 Å². The maximum Gasteiger partial charge on any atom is 0.339 e. The van der Waals surface area contributed by atoms with Crippen molar-refractivity contribution in [3.63, 3.8) is 0 Å². The zero-order valence-corrected chi connectivity index (χ0v) is 11.6. The fraction of sp³-hybridized carbons (Fsp3) is 0.214. The molecule has 0 aliphatic heterocycles. The Bertz CT molecular complexity index is 715. The summed E-state index contributed by atoms with van der Waals surface area (Å²) in [6, 6.07) is 7.02. The van der Waals surface area contributed by atoms with E-state index >= 15 is 0 Å². The SMILES string of the molecule is COc1cc(C#N)ccc1NCc1c(C(=O)O)cnn1C. The number of aryl methyl sites for hydroxylation is 1. The number of nitrogens with one attached hydrogen (secondary N) is 1. The predicted molar refractivity (Wildman–Crippen MR) is 75.2 cm³/mol. The Labute approximate surface area is 121 Å². The van der Waals surface area contributed by atoms with E-state index in [0.717, 1.165) is 0 Å². The molecular formula is C14H14N4O3. The molecule has 2 rings (SSSR count). The topological polar surface area (TPSA) is 100 Å². The first-order valence-corrected chi connectivity index (χ1v) is 6.13. The molecule has 0 bridgehead atoms. The lowest BCUT2D eigenvalue weighted by Gasteiger charge is -2.12. The van der Waals surface area contributed by atoms with E-state index in [4.69, 9.17) is 15.1 Å². The summed E-state index contributed by atoms with van der Waals surface area (Å²) in [6.45, 7) is 0.278. The fourth-order valence-electron chi connectivity index (χ4n) is 1.94. The Morgan fingerprint density at radius 2 is 2.33 bits per heavy atom. The highest BCUT2D eigenvalue weighted by Crippen LogP contribution is 2.26. The molecule has 21 heavy (non-hydrogen) atoms. The Morgan fingerprint density at radius 1 is 1.57 bits per heavy atom. The van der Waals surface area contributed by atoms with Crippen molar-refractivity contribution in [1.82, 2.24) is 9.78 Å². The van der Waals surface area contributed by atoms with Gasteiger partial charge in [0.25, 0.3) is 0 Å². The van der Waals surface area contributed by atoms with Gasteiger partial charge in [0.2, 0.25) is 0 Å². The molecule has 0 saturated carbocycles. The van der Waals surface area contributed by atoms with Crippen molar-refractivity contribution in [3.8, 4) is 11.8 Å². The van der Waals surface area contributed by atoms with Crippen LogP contribution in [0.4, 0.5) is 5.69 Å². The van der Waals surface area contributed by atoms with Crippen molar-refractivity contribution in [2.45, 2.75) is 6.54 Å². The number of carboxylic acids is 1. The molecule has 108 valence electrons. The lowest BCUT2D eigenvalue weighted by molar-refractivity contribution is 0.0695. The predicted octanol–water partition coefficient (Wildman–Crippen LogP) is 1.61. The van der Waals surface area contributed by atoms with Crippen LogP contribution in [0.5, 0.6) is 5.75 Å². The number of nitriles is 1. The van der Waals surface area contributed by atoms with Gasteiger partial charge in [0.1, 0.15) is 11.3 Å². The van der Waals surface area contributed by atoms with Gasteiger partial charge in [0.15, 0.2) is 0 Å². The highest BCUT2D eigenvalue weighted by molar-refractivity contribution is 5.88. The molecular weight excluding hydrogens is 272 g/mol. The van der Waals surface area contributed by atoms with Gasteiger partial charge in [0, 0.05) is 13.1 Å². The minimum absolute atomic E-state index is 0.151. The maximum atomic E-state index is 11.1. The molecule has 0 unspecified atom stereocenters. The third-order valence-electron chi connectivity index (χ3n) is 3.07. The zero-order chi connectivity index (χ0) is 15.4. The van der Waals surface area contributed by atoms with Gasteiger partial charge in [-0.25, -0.2) is 4.79 Å². The molecule has 2 N–H and O–H groups in total. The van der Waals surface area contributed by atoms with E-state index in [2.05, 4.69) is 10.4 Å². The number of carbonyl (C=O) groups is 1. The van der Waals surface area contributed by atoms with Crippen molar-refractivity contribution in [3.05, 3.63) is 41.2 Å². The van der Waals surface area contributed by atoms with Gasteiger partial charge in [-0.1, -0.05) is 0 Å². The molecule has 2 aromatic rings. The zero-order valence-electron chi connectivity index (χ0n) is 11.6. The molecule has 1 heterocycles. The summed E-state index contributed by atoms with van der Waals surface area (Å²) in [5.74, 6) is -0.500. The number of aromatic nitrogens is 2. The molecule has 7 heteroatoms. The van der Waals surface area contributed by atoms with Crippen LogP contribution in [0.15, 0.2) is 24.4 Å². The van der Waals surface area contributed by atoms with Gasteiger partial charge in [-0.2, -0.15) is 10.4 Å². The first kappa shape index (κ1) is 14.4. The van der Waals surface area contributed by atoms with E-state index in [9.17, 15) is 4.79 Å². The van der Waals surface area contributed by atoms with Crippen LogP contribution in [-0.2, 0) is 13.6 Å². The fourth-order valence-corrected chi connectivity index (χ4v) is 1.94. The van der Waals surface area contributed by atoms with E-state index in [1.54, 1.807) is 25.2 Å². The van der Waals surface area contributed by atoms with Crippen molar-refractivity contribution < 1.29 is 14.6 Å². The van der Waals surface area contributed by atoms with Crippen LogP contribution in [-0.4, -0.2) is 28.0 Å². The molecule has 0 spiro atoms. The minimum atomic E-state index is -1.02. The standard InChI is InChI=1S/C14H14N4O3/c1-18-12(10(7-17-18)14(19)20)8-16-11-4-3-9(6-15)5-13(11)21-2/h3-5,7,16H,8H2,1-2H3,(H,19,20). The summed E-state index contributed by atoms with van der Waals surface area (Å²) in [7, 11) is 3.19. The number of ether oxygens (including phenoxy) is 1. The Kier molecular flexibility index (Phi) is 4.09. The van der Waals surface area contributed by atoms with Crippen LogP contribution in [0.25, 0.3) is 0 Å². The van der Waals surface area contributed by atoms with E-state index in [0.29, 0.717) is 22.7 Å². The van der Waals surface area contributed by atoms with Crippen LogP contribution in [0, 0.1) is 11.3 Å². The van der Waals surface area contributed by atoms with Crippen molar-refractivity contribution >= 4 is 11.7 Å². The van der Waals surface area contributed by atoms with Crippen molar-refractivity contribution in [2.75, 3.05) is 12.4 Å². The van der Waals surface area contributed by atoms with Crippen molar-refractivity contribution in [2.24, 2.45) is 7.05 Å². The third kappa shape index (κ3) is 2.95.